The predicted molar refractivity (Wildman–Crippen MR) is 145 cm³/mol. The van der Waals surface area contributed by atoms with Gasteiger partial charge in [-0.15, -0.1) is 0 Å². The predicted octanol–water partition coefficient (Wildman–Crippen LogP) is 6.10. The van der Waals surface area contributed by atoms with Gasteiger partial charge in [0.05, 0.1) is 10.5 Å². The Morgan fingerprint density at radius 2 is 1.68 bits per heavy atom. The summed E-state index contributed by atoms with van der Waals surface area (Å²) in [5.74, 6) is -0.373. The second-order valence-electron chi connectivity index (χ2n) is 10.8. The molecule has 2 heterocycles. The third-order valence-electron chi connectivity index (χ3n) is 6.84. The Balaban J connectivity index is 2.13. The van der Waals surface area contributed by atoms with Crippen LogP contribution in [0.4, 0.5) is 4.79 Å². The number of nitrogens with zero attached hydrogens (tertiary/aromatic N) is 1. The van der Waals surface area contributed by atoms with Gasteiger partial charge in [0.15, 0.2) is 12.2 Å². The summed E-state index contributed by atoms with van der Waals surface area (Å²) in [4.78, 5) is 39.5. The van der Waals surface area contributed by atoms with Gasteiger partial charge in [-0.25, -0.2) is 9.69 Å². The van der Waals surface area contributed by atoms with Crippen LogP contribution in [0.5, 0.6) is 0 Å². The van der Waals surface area contributed by atoms with Crippen LogP contribution in [0.2, 0.25) is 0 Å². The van der Waals surface area contributed by atoms with Crippen LogP contribution in [0.25, 0.3) is 0 Å². The van der Waals surface area contributed by atoms with Gasteiger partial charge < -0.3 is 23.7 Å². The van der Waals surface area contributed by atoms with Gasteiger partial charge in [-0.1, -0.05) is 52.4 Å². The molecule has 0 unspecified atom stereocenters. The molecule has 1 aliphatic heterocycles. The third-order valence-corrected chi connectivity index (χ3v) is 7.51. The van der Waals surface area contributed by atoms with Crippen molar-refractivity contribution in [2.75, 3.05) is 13.7 Å². The van der Waals surface area contributed by atoms with Crippen molar-refractivity contribution in [1.29, 1.82) is 0 Å². The van der Waals surface area contributed by atoms with Crippen molar-refractivity contribution < 1.29 is 38.1 Å². The molecule has 0 spiro atoms. The number of amides is 2. The lowest BCUT2D eigenvalue weighted by Crippen LogP contribution is -2.52. The number of unbranched alkanes of at least 4 members (excludes halogenated alkanes) is 7. The molecule has 1 aromatic rings. The second kappa shape index (κ2) is 15.0. The molecule has 1 aliphatic rings. The number of carbonyl (C=O) groups excluding carboxylic acids is 3. The van der Waals surface area contributed by atoms with Gasteiger partial charge in [-0.05, 0) is 54.6 Å². The number of rotatable bonds is 16. The average molecular weight is 603 g/mol. The number of furan rings is 1. The van der Waals surface area contributed by atoms with Crippen molar-refractivity contribution >= 4 is 33.9 Å². The van der Waals surface area contributed by atoms with Crippen molar-refractivity contribution in [3.63, 3.8) is 0 Å². The van der Waals surface area contributed by atoms with E-state index in [2.05, 4.69) is 15.9 Å². The summed E-state index contributed by atoms with van der Waals surface area (Å²) in [6.45, 7) is 8.86. The van der Waals surface area contributed by atoms with Crippen LogP contribution in [0.1, 0.15) is 104 Å². The largest absolute Gasteiger partial charge is 0.461 e. The van der Waals surface area contributed by atoms with Crippen LogP contribution >= 0.6 is 15.9 Å². The first-order chi connectivity index (χ1) is 17.9. The number of methoxy groups -OCH3 is 1. The highest BCUT2D eigenvalue weighted by Crippen LogP contribution is 2.38. The Morgan fingerprint density at radius 1 is 1.11 bits per heavy atom. The van der Waals surface area contributed by atoms with E-state index in [9.17, 15) is 14.4 Å². The van der Waals surface area contributed by atoms with Crippen molar-refractivity contribution in [3.05, 3.63) is 22.1 Å². The lowest BCUT2D eigenvalue weighted by atomic mass is 9.88. The normalized spacial score (nSPS) is 18.5. The van der Waals surface area contributed by atoms with Crippen LogP contribution in [-0.4, -0.2) is 59.4 Å². The number of cyclic esters (lactones) is 1. The number of halogens is 1. The van der Waals surface area contributed by atoms with Gasteiger partial charge in [-0.3, -0.25) is 9.59 Å². The lowest BCUT2D eigenvalue weighted by molar-refractivity contribution is -0.165. The molecule has 0 aliphatic carbocycles. The zero-order valence-electron chi connectivity index (χ0n) is 23.6. The topological polar surface area (TPSA) is 116 Å². The first kappa shape index (κ1) is 32.3. The zero-order chi connectivity index (χ0) is 28.5. The number of imide groups is 1. The summed E-state index contributed by atoms with van der Waals surface area (Å²) < 4.78 is 23.3. The number of hydrogen-bond donors (Lipinski definition) is 1. The van der Waals surface area contributed by atoms with Crippen LogP contribution < -0.4 is 0 Å². The number of carbonyl (C=O) groups is 3. The number of esters is 1. The smallest absolute Gasteiger partial charge is 0.417 e. The molecule has 0 aromatic carbocycles. The number of aryl methyl sites for hydroxylation is 1. The van der Waals surface area contributed by atoms with Crippen molar-refractivity contribution in [2.45, 2.75) is 116 Å². The van der Waals surface area contributed by atoms with Crippen LogP contribution in [0, 0.1) is 5.92 Å². The summed E-state index contributed by atoms with van der Waals surface area (Å²) >= 11 is 3.53. The molecule has 1 aromatic heterocycles. The molecule has 0 saturated carbocycles. The number of aliphatic hydroxyl groups excluding tert-OH is 1. The molecule has 1 fully saturated rings. The van der Waals surface area contributed by atoms with Crippen LogP contribution in [0.15, 0.2) is 15.0 Å². The summed E-state index contributed by atoms with van der Waals surface area (Å²) in [6, 6.07) is 1.17. The van der Waals surface area contributed by atoms with Crippen molar-refractivity contribution in [3.8, 4) is 0 Å². The zero-order valence-corrected chi connectivity index (χ0v) is 25.2. The van der Waals surface area contributed by atoms with E-state index in [0.29, 0.717) is 12.2 Å². The third kappa shape index (κ3) is 8.55. The monoisotopic (exact) mass is 601 g/mol. The molecular weight excluding hydrogens is 558 g/mol. The molecular formula is C28H44BrNO8. The van der Waals surface area contributed by atoms with E-state index < -0.39 is 41.8 Å². The minimum Gasteiger partial charge on any atom is -0.461 e. The Hall–Kier alpha value is -1.91. The minimum absolute atomic E-state index is 0.0741. The molecule has 216 valence electrons. The van der Waals surface area contributed by atoms with E-state index >= 15 is 0 Å². The highest BCUT2D eigenvalue weighted by molar-refractivity contribution is 9.10. The molecule has 38 heavy (non-hydrogen) atoms. The quantitative estimate of drug-likeness (QED) is 0.178. The van der Waals surface area contributed by atoms with Gasteiger partial charge in [0.2, 0.25) is 0 Å². The van der Waals surface area contributed by atoms with E-state index in [1.165, 1.54) is 20.5 Å². The molecule has 1 N–H and O–H groups in total. The summed E-state index contributed by atoms with van der Waals surface area (Å²) in [6.07, 6.45) is 5.98. The fourth-order valence-corrected chi connectivity index (χ4v) is 5.73. The molecule has 2 amide bonds. The SMILES string of the molecule is CO[C@@H](C(=O)N1C(=O)OC(C)(C)[C@H]1C(C)C)[C@@H](OC(C)=O)c1cc(Br)c(CCCCCCCCCCO)o1. The molecule has 10 heteroatoms. The Labute approximate surface area is 234 Å². The van der Waals surface area contributed by atoms with Gasteiger partial charge in [0.1, 0.15) is 17.1 Å². The van der Waals surface area contributed by atoms with E-state index in [0.717, 1.165) is 54.3 Å². The number of aliphatic hydroxyl groups is 1. The summed E-state index contributed by atoms with van der Waals surface area (Å²) in [5, 5.41) is 8.85. The average Bonchev–Trinajstić information content (AvgIpc) is 3.31. The standard InChI is InChI=1S/C28H44BrNO8/c1-18(2)25-28(4,5)38-27(34)30(25)26(33)24(35-6)23(36-19(3)32)22-17-20(29)21(37-22)15-13-11-9-7-8-10-12-14-16-31/h17-18,23-25,31H,7-16H2,1-6H3/t23-,24+,25+/m0/s1. The fraction of sp³-hybridized carbons (Fsp3) is 0.750. The lowest BCUT2D eigenvalue weighted by Gasteiger charge is -2.33. The molecule has 0 bridgehead atoms. The summed E-state index contributed by atoms with van der Waals surface area (Å²) in [5.41, 5.74) is -0.879. The van der Waals surface area contributed by atoms with Gasteiger partial charge in [-0.2, -0.15) is 0 Å². The highest BCUT2D eigenvalue weighted by atomic mass is 79.9. The van der Waals surface area contributed by atoms with Gasteiger partial charge >= 0.3 is 12.1 Å². The molecule has 0 radical (unpaired) electrons. The van der Waals surface area contributed by atoms with E-state index in [1.807, 2.05) is 13.8 Å². The first-order valence-corrected chi connectivity index (χ1v) is 14.4. The Kier molecular flexibility index (Phi) is 12.8. The maximum atomic E-state index is 13.7. The first-order valence-electron chi connectivity index (χ1n) is 13.6. The van der Waals surface area contributed by atoms with Crippen molar-refractivity contribution in [2.24, 2.45) is 5.92 Å². The van der Waals surface area contributed by atoms with Crippen LogP contribution in [-0.2, 0) is 30.2 Å². The van der Waals surface area contributed by atoms with Gasteiger partial charge in [0, 0.05) is 27.1 Å². The van der Waals surface area contributed by atoms with E-state index in [-0.39, 0.29) is 18.3 Å². The molecule has 3 atom stereocenters. The second-order valence-corrected chi connectivity index (χ2v) is 11.6. The fourth-order valence-electron chi connectivity index (χ4n) is 5.22. The minimum atomic E-state index is -1.31. The maximum Gasteiger partial charge on any atom is 0.417 e. The number of hydrogen-bond acceptors (Lipinski definition) is 8. The van der Waals surface area contributed by atoms with Gasteiger partial charge in [0.25, 0.3) is 5.91 Å². The Morgan fingerprint density at radius 3 is 2.21 bits per heavy atom. The van der Waals surface area contributed by atoms with Crippen molar-refractivity contribution in [1.82, 2.24) is 4.90 Å². The molecule has 9 nitrogen and oxygen atoms in total. The number of ether oxygens (including phenoxy) is 3. The summed E-state index contributed by atoms with van der Waals surface area (Å²) in [7, 11) is 1.33. The van der Waals surface area contributed by atoms with Crippen LogP contribution in [0.3, 0.4) is 0 Å². The van der Waals surface area contributed by atoms with E-state index in [1.54, 1.807) is 19.9 Å². The Bertz CT molecular complexity index is 928. The maximum absolute atomic E-state index is 13.7. The highest BCUT2D eigenvalue weighted by Gasteiger charge is 2.54. The molecule has 1 saturated heterocycles. The van der Waals surface area contributed by atoms with E-state index in [4.69, 9.17) is 23.7 Å². The molecule has 2 rings (SSSR count).